The number of rotatable bonds is 2. The Hall–Kier alpha value is -2.04. The Bertz CT molecular complexity index is 482. The van der Waals surface area contributed by atoms with Crippen molar-refractivity contribution in [3.63, 3.8) is 0 Å². The zero-order chi connectivity index (χ0) is 11.8. The van der Waals surface area contributed by atoms with E-state index in [9.17, 15) is 9.59 Å². The number of carbonyl (C=O) groups is 2. The SMILES string of the molecule is O=C1Nc2ccccc2O[C@@H]1C(=O)NC1CC1. The van der Waals surface area contributed by atoms with Crippen molar-refractivity contribution in [2.75, 3.05) is 5.32 Å². The molecule has 2 aliphatic rings. The molecule has 0 unspecified atom stereocenters. The summed E-state index contributed by atoms with van der Waals surface area (Å²) in [6, 6.07) is 7.28. The van der Waals surface area contributed by atoms with Crippen LogP contribution in [0.1, 0.15) is 12.8 Å². The van der Waals surface area contributed by atoms with Gasteiger partial charge in [0.05, 0.1) is 5.69 Å². The summed E-state index contributed by atoms with van der Waals surface area (Å²) in [5.74, 6) is -0.246. The Kier molecular flexibility index (Phi) is 2.24. The zero-order valence-electron chi connectivity index (χ0n) is 9.10. The molecule has 3 rings (SSSR count). The molecule has 1 saturated carbocycles. The molecule has 1 aromatic rings. The molecular formula is C12H12N2O3. The van der Waals surface area contributed by atoms with E-state index in [1.165, 1.54) is 0 Å². The van der Waals surface area contributed by atoms with Gasteiger partial charge in [-0.05, 0) is 25.0 Å². The smallest absolute Gasteiger partial charge is 0.275 e. The summed E-state index contributed by atoms with van der Waals surface area (Å²) < 4.78 is 5.41. The molecule has 1 heterocycles. The third-order valence-corrected chi connectivity index (χ3v) is 2.79. The third-order valence-electron chi connectivity index (χ3n) is 2.79. The molecular weight excluding hydrogens is 220 g/mol. The van der Waals surface area contributed by atoms with Gasteiger partial charge in [0, 0.05) is 6.04 Å². The van der Waals surface area contributed by atoms with Crippen LogP contribution in [0.15, 0.2) is 24.3 Å². The van der Waals surface area contributed by atoms with Crippen LogP contribution in [0.3, 0.4) is 0 Å². The van der Waals surface area contributed by atoms with Crippen LogP contribution in [0.2, 0.25) is 0 Å². The number of hydrogen-bond acceptors (Lipinski definition) is 3. The van der Waals surface area contributed by atoms with Gasteiger partial charge in [-0.25, -0.2) is 0 Å². The molecule has 0 spiro atoms. The van der Waals surface area contributed by atoms with Crippen LogP contribution in [0.4, 0.5) is 5.69 Å². The quantitative estimate of drug-likeness (QED) is 0.736. The molecule has 0 radical (unpaired) electrons. The molecule has 0 aromatic heterocycles. The van der Waals surface area contributed by atoms with Gasteiger partial charge in [-0.1, -0.05) is 12.1 Å². The van der Waals surface area contributed by atoms with Gasteiger partial charge in [-0.15, -0.1) is 0 Å². The van der Waals surface area contributed by atoms with Gasteiger partial charge in [-0.2, -0.15) is 0 Å². The Balaban J connectivity index is 1.78. The Morgan fingerprint density at radius 1 is 1.35 bits per heavy atom. The first kappa shape index (κ1) is 10.1. The lowest BCUT2D eigenvalue weighted by atomic mass is 10.2. The highest BCUT2D eigenvalue weighted by atomic mass is 16.5. The van der Waals surface area contributed by atoms with Gasteiger partial charge in [0.15, 0.2) is 0 Å². The van der Waals surface area contributed by atoms with Crippen molar-refractivity contribution in [2.24, 2.45) is 0 Å². The molecule has 2 amide bonds. The molecule has 1 aliphatic heterocycles. The van der Waals surface area contributed by atoms with Crippen LogP contribution in [-0.2, 0) is 9.59 Å². The fourth-order valence-corrected chi connectivity index (χ4v) is 1.73. The zero-order valence-corrected chi connectivity index (χ0v) is 9.10. The minimum absolute atomic E-state index is 0.219. The van der Waals surface area contributed by atoms with E-state index in [0.29, 0.717) is 11.4 Å². The fourth-order valence-electron chi connectivity index (χ4n) is 1.73. The van der Waals surface area contributed by atoms with E-state index in [-0.39, 0.29) is 11.9 Å². The summed E-state index contributed by atoms with van der Waals surface area (Å²) in [4.78, 5) is 23.5. The van der Waals surface area contributed by atoms with Crippen molar-refractivity contribution in [3.8, 4) is 5.75 Å². The molecule has 5 heteroatoms. The van der Waals surface area contributed by atoms with E-state index in [2.05, 4.69) is 10.6 Å². The highest BCUT2D eigenvalue weighted by molar-refractivity contribution is 6.11. The van der Waals surface area contributed by atoms with Crippen molar-refractivity contribution < 1.29 is 14.3 Å². The minimum Gasteiger partial charge on any atom is -0.468 e. The summed E-state index contributed by atoms with van der Waals surface area (Å²) in [6.45, 7) is 0. The van der Waals surface area contributed by atoms with Crippen molar-refractivity contribution >= 4 is 17.5 Å². The third kappa shape index (κ3) is 1.95. The predicted molar refractivity (Wildman–Crippen MR) is 60.7 cm³/mol. The average Bonchev–Trinajstić information content (AvgIpc) is 3.12. The highest BCUT2D eigenvalue weighted by Gasteiger charge is 2.36. The van der Waals surface area contributed by atoms with Crippen LogP contribution in [0.25, 0.3) is 0 Å². The second kappa shape index (κ2) is 3.76. The summed E-state index contributed by atoms with van der Waals surface area (Å²) >= 11 is 0. The first-order chi connectivity index (χ1) is 8.24. The molecule has 5 nitrogen and oxygen atoms in total. The molecule has 1 aliphatic carbocycles. The Morgan fingerprint density at radius 3 is 2.88 bits per heavy atom. The first-order valence-electron chi connectivity index (χ1n) is 5.61. The van der Waals surface area contributed by atoms with E-state index in [1.807, 2.05) is 0 Å². The van der Waals surface area contributed by atoms with Gasteiger partial charge in [0.25, 0.3) is 17.9 Å². The number of ether oxygens (including phenoxy) is 1. The monoisotopic (exact) mass is 232 g/mol. The lowest BCUT2D eigenvalue weighted by molar-refractivity contribution is -0.137. The van der Waals surface area contributed by atoms with E-state index in [4.69, 9.17) is 4.74 Å². The molecule has 88 valence electrons. The maximum absolute atomic E-state index is 11.8. The molecule has 1 fully saturated rings. The molecule has 1 atom stereocenters. The van der Waals surface area contributed by atoms with Crippen LogP contribution < -0.4 is 15.4 Å². The first-order valence-corrected chi connectivity index (χ1v) is 5.61. The Morgan fingerprint density at radius 2 is 2.12 bits per heavy atom. The summed E-state index contributed by atoms with van der Waals surface area (Å²) in [7, 11) is 0. The highest BCUT2D eigenvalue weighted by Crippen LogP contribution is 2.29. The van der Waals surface area contributed by atoms with Crippen LogP contribution in [-0.4, -0.2) is 24.0 Å². The number of nitrogens with one attached hydrogen (secondary N) is 2. The number of anilines is 1. The number of para-hydroxylation sites is 2. The lowest BCUT2D eigenvalue weighted by Crippen LogP contribution is -2.49. The number of carbonyl (C=O) groups excluding carboxylic acids is 2. The van der Waals surface area contributed by atoms with E-state index >= 15 is 0 Å². The van der Waals surface area contributed by atoms with Crippen LogP contribution >= 0.6 is 0 Å². The number of hydrogen-bond donors (Lipinski definition) is 2. The standard InChI is InChI=1S/C12H12N2O3/c15-11(13-7-5-6-7)10-12(16)14-8-3-1-2-4-9(8)17-10/h1-4,7,10H,5-6H2,(H,13,15)(H,14,16)/t10-/m1/s1. The second-order valence-corrected chi connectivity index (χ2v) is 4.27. The van der Waals surface area contributed by atoms with Crippen molar-refractivity contribution in [3.05, 3.63) is 24.3 Å². The summed E-state index contributed by atoms with van der Waals surface area (Å²) in [5.41, 5.74) is 0.605. The van der Waals surface area contributed by atoms with Crippen molar-refractivity contribution in [2.45, 2.75) is 25.0 Å². The summed E-state index contributed by atoms with van der Waals surface area (Å²) in [5, 5.41) is 5.42. The van der Waals surface area contributed by atoms with Gasteiger partial charge in [0.2, 0.25) is 0 Å². The van der Waals surface area contributed by atoms with Crippen LogP contribution in [0, 0.1) is 0 Å². The van der Waals surface area contributed by atoms with Gasteiger partial charge >= 0.3 is 0 Å². The topological polar surface area (TPSA) is 67.4 Å². The van der Waals surface area contributed by atoms with Gasteiger partial charge < -0.3 is 15.4 Å². The number of amides is 2. The van der Waals surface area contributed by atoms with Crippen molar-refractivity contribution in [1.29, 1.82) is 0 Å². The molecule has 0 bridgehead atoms. The number of benzene rings is 1. The molecule has 2 N–H and O–H groups in total. The maximum atomic E-state index is 11.8. The molecule has 17 heavy (non-hydrogen) atoms. The summed E-state index contributed by atoms with van der Waals surface area (Å²) in [6.07, 6.45) is 0.887. The van der Waals surface area contributed by atoms with Gasteiger partial charge in [0.1, 0.15) is 5.75 Å². The predicted octanol–water partition coefficient (Wildman–Crippen LogP) is 0.665. The van der Waals surface area contributed by atoms with Crippen LogP contribution in [0.5, 0.6) is 5.75 Å². The van der Waals surface area contributed by atoms with E-state index in [0.717, 1.165) is 12.8 Å². The fraction of sp³-hybridized carbons (Fsp3) is 0.333. The maximum Gasteiger partial charge on any atom is 0.275 e. The number of fused-ring (bicyclic) bond motifs is 1. The van der Waals surface area contributed by atoms with Gasteiger partial charge in [-0.3, -0.25) is 9.59 Å². The lowest BCUT2D eigenvalue weighted by Gasteiger charge is -2.24. The van der Waals surface area contributed by atoms with Crippen molar-refractivity contribution in [1.82, 2.24) is 5.32 Å². The normalized spacial score (nSPS) is 22.1. The molecule has 1 aromatic carbocycles. The van der Waals surface area contributed by atoms with E-state index < -0.39 is 12.0 Å². The largest absolute Gasteiger partial charge is 0.468 e. The minimum atomic E-state index is -1.08. The average molecular weight is 232 g/mol. The molecule has 0 saturated heterocycles. The second-order valence-electron chi connectivity index (χ2n) is 4.27. The van der Waals surface area contributed by atoms with E-state index in [1.54, 1.807) is 24.3 Å². The Labute approximate surface area is 98.1 Å².